The van der Waals surface area contributed by atoms with Crippen LogP contribution >= 0.6 is 0 Å². The van der Waals surface area contributed by atoms with Gasteiger partial charge in [-0.25, -0.2) is 4.79 Å². The lowest BCUT2D eigenvalue weighted by Gasteiger charge is -2.12. The topological polar surface area (TPSA) is 136 Å². The number of nitrogens with two attached hydrogens (primary N) is 2. The van der Waals surface area contributed by atoms with Gasteiger partial charge >= 0.3 is 5.97 Å². The van der Waals surface area contributed by atoms with Gasteiger partial charge in [-0.1, -0.05) is 12.1 Å². The molecule has 0 radical (unpaired) electrons. The van der Waals surface area contributed by atoms with Gasteiger partial charge in [0.25, 0.3) is 0 Å². The lowest BCUT2D eigenvalue weighted by molar-refractivity contribution is -0.143. The number of carbonyl (C=O) groups excluding carboxylic acids is 2. The van der Waals surface area contributed by atoms with Gasteiger partial charge in [0.2, 0.25) is 11.8 Å². The fraction of sp³-hybridized carbons (Fsp3) is 0.308. The van der Waals surface area contributed by atoms with E-state index in [1.54, 1.807) is 24.3 Å². The molecule has 1 atom stereocenters. The molecule has 0 heterocycles. The number of nitrogen functional groups attached to an aromatic ring is 1. The van der Waals surface area contributed by atoms with E-state index < -0.39 is 30.2 Å². The summed E-state index contributed by atoms with van der Waals surface area (Å²) in [6.07, 6.45) is 0.143. The maximum absolute atomic E-state index is 11.6. The highest BCUT2D eigenvalue weighted by atomic mass is 16.4. The molecular formula is C13H17N3O4. The SMILES string of the molecule is NC(=O)C[C@H](NC(=O)CCc1ccc(N)cc1)C(=O)O. The van der Waals surface area contributed by atoms with Crippen molar-refractivity contribution in [2.75, 3.05) is 5.73 Å². The summed E-state index contributed by atoms with van der Waals surface area (Å²) in [5.41, 5.74) is 12.0. The zero-order chi connectivity index (χ0) is 15.1. The number of benzene rings is 1. The number of nitrogens with one attached hydrogen (secondary N) is 1. The Morgan fingerprint density at radius 3 is 2.30 bits per heavy atom. The van der Waals surface area contributed by atoms with Crippen LogP contribution in [-0.2, 0) is 20.8 Å². The molecule has 7 nitrogen and oxygen atoms in total. The number of anilines is 1. The Balaban J connectivity index is 2.47. The molecular weight excluding hydrogens is 262 g/mol. The Labute approximate surface area is 115 Å². The highest BCUT2D eigenvalue weighted by molar-refractivity contribution is 5.88. The van der Waals surface area contributed by atoms with Gasteiger partial charge in [0.15, 0.2) is 0 Å². The van der Waals surface area contributed by atoms with Crippen LogP contribution in [0.15, 0.2) is 24.3 Å². The second kappa shape index (κ2) is 7.13. The van der Waals surface area contributed by atoms with Gasteiger partial charge in [-0.15, -0.1) is 0 Å². The first kappa shape index (κ1) is 15.5. The van der Waals surface area contributed by atoms with Crippen LogP contribution in [0.2, 0.25) is 0 Å². The average Bonchev–Trinajstić information content (AvgIpc) is 2.36. The van der Waals surface area contributed by atoms with Crippen LogP contribution in [0, 0.1) is 0 Å². The van der Waals surface area contributed by atoms with E-state index in [4.69, 9.17) is 16.6 Å². The minimum atomic E-state index is -1.29. The average molecular weight is 279 g/mol. The van der Waals surface area contributed by atoms with Crippen LogP contribution in [0.5, 0.6) is 0 Å². The van der Waals surface area contributed by atoms with Crippen LogP contribution in [0.4, 0.5) is 5.69 Å². The first-order chi connectivity index (χ1) is 9.38. The number of primary amides is 1. The molecule has 0 aliphatic heterocycles. The van der Waals surface area contributed by atoms with Crippen molar-refractivity contribution in [3.8, 4) is 0 Å². The van der Waals surface area contributed by atoms with Crippen molar-refractivity contribution in [1.29, 1.82) is 0 Å². The summed E-state index contributed by atoms with van der Waals surface area (Å²) in [6.45, 7) is 0. The number of hydrogen-bond acceptors (Lipinski definition) is 4. The van der Waals surface area contributed by atoms with Crippen LogP contribution in [0.3, 0.4) is 0 Å². The molecule has 1 aromatic carbocycles. The zero-order valence-corrected chi connectivity index (χ0v) is 10.8. The maximum atomic E-state index is 11.6. The van der Waals surface area contributed by atoms with E-state index in [2.05, 4.69) is 5.32 Å². The van der Waals surface area contributed by atoms with Gasteiger partial charge in [-0.2, -0.15) is 0 Å². The summed E-state index contributed by atoms with van der Waals surface area (Å²) in [5, 5.41) is 11.1. The van der Waals surface area contributed by atoms with Crippen molar-refractivity contribution >= 4 is 23.5 Å². The lowest BCUT2D eigenvalue weighted by Crippen LogP contribution is -2.43. The van der Waals surface area contributed by atoms with Crippen LogP contribution < -0.4 is 16.8 Å². The van der Waals surface area contributed by atoms with E-state index in [9.17, 15) is 14.4 Å². The predicted octanol–water partition coefficient (Wildman–Crippen LogP) is -0.354. The highest BCUT2D eigenvalue weighted by Crippen LogP contribution is 2.07. The maximum Gasteiger partial charge on any atom is 0.326 e. The molecule has 0 bridgehead atoms. The number of carboxylic acid groups (broad SMARTS) is 1. The Morgan fingerprint density at radius 2 is 1.80 bits per heavy atom. The van der Waals surface area contributed by atoms with Crippen molar-refractivity contribution in [2.45, 2.75) is 25.3 Å². The fourth-order valence-corrected chi connectivity index (χ4v) is 1.61. The van der Waals surface area contributed by atoms with Crippen molar-refractivity contribution in [2.24, 2.45) is 5.73 Å². The third-order valence-electron chi connectivity index (χ3n) is 2.66. The molecule has 0 unspecified atom stereocenters. The Kier molecular flexibility index (Phi) is 5.52. The van der Waals surface area contributed by atoms with E-state index in [-0.39, 0.29) is 6.42 Å². The van der Waals surface area contributed by atoms with Gasteiger partial charge in [0, 0.05) is 12.1 Å². The summed E-state index contributed by atoms with van der Waals surface area (Å²) < 4.78 is 0. The van der Waals surface area contributed by atoms with E-state index in [0.29, 0.717) is 12.1 Å². The molecule has 0 fully saturated rings. The van der Waals surface area contributed by atoms with Crippen LogP contribution in [0.1, 0.15) is 18.4 Å². The number of rotatable bonds is 7. The summed E-state index contributed by atoms with van der Waals surface area (Å²) >= 11 is 0. The predicted molar refractivity (Wildman–Crippen MR) is 72.6 cm³/mol. The molecule has 1 aromatic rings. The van der Waals surface area contributed by atoms with E-state index >= 15 is 0 Å². The first-order valence-corrected chi connectivity index (χ1v) is 6.03. The Bertz CT molecular complexity index is 499. The summed E-state index contributed by atoms with van der Waals surface area (Å²) in [6, 6.07) is 5.74. The van der Waals surface area contributed by atoms with Crippen molar-refractivity contribution in [3.63, 3.8) is 0 Å². The molecule has 1 rings (SSSR count). The molecule has 108 valence electrons. The smallest absolute Gasteiger partial charge is 0.326 e. The second-order valence-electron chi connectivity index (χ2n) is 4.37. The minimum absolute atomic E-state index is 0.118. The number of aliphatic carboxylic acids is 1. The molecule has 6 N–H and O–H groups in total. The second-order valence-corrected chi connectivity index (χ2v) is 4.37. The molecule has 0 aliphatic rings. The van der Waals surface area contributed by atoms with E-state index in [0.717, 1.165) is 5.56 Å². The summed E-state index contributed by atoms with van der Waals surface area (Å²) in [7, 11) is 0. The number of amides is 2. The van der Waals surface area contributed by atoms with Crippen molar-refractivity contribution in [1.82, 2.24) is 5.32 Å². The van der Waals surface area contributed by atoms with Crippen molar-refractivity contribution < 1.29 is 19.5 Å². The lowest BCUT2D eigenvalue weighted by atomic mass is 10.1. The van der Waals surface area contributed by atoms with Crippen LogP contribution in [0.25, 0.3) is 0 Å². The quantitative estimate of drug-likeness (QED) is 0.506. The fourth-order valence-electron chi connectivity index (χ4n) is 1.61. The standard InChI is InChI=1S/C13H17N3O4/c14-9-4-1-8(2-5-9)3-6-12(18)16-10(13(19)20)7-11(15)17/h1-2,4-5,10H,3,6-7,14H2,(H2,15,17)(H,16,18)(H,19,20)/t10-/m0/s1. The van der Waals surface area contributed by atoms with Gasteiger partial charge in [-0.3, -0.25) is 9.59 Å². The monoisotopic (exact) mass is 279 g/mol. The molecule has 7 heteroatoms. The third kappa shape index (κ3) is 5.38. The molecule has 20 heavy (non-hydrogen) atoms. The Morgan fingerprint density at radius 1 is 1.20 bits per heavy atom. The minimum Gasteiger partial charge on any atom is -0.480 e. The third-order valence-corrected chi connectivity index (χ3v) is 2.66. The number of hydrogen-bond donors (Lipinski definition) is 4. The summed E-state index contributed by atoms with van der Waals surface area (Å²) in [4.78, 5) is 33.2. The molecule has 0 aliphatic carbocycles. The molecule has 0 aromatic heterocycles. The molecule has 0 saturated heterocycles. The van der Waals surface area contributed by atoms with E-state index in [1.165, 1.54) is 0 Å². The van der Waals surface area contributed by atoms with Gasteiger partial charge in [-0.05, 0) is 24.1 Å². The number of carboxylic acids is 1. The van der Waals surface area contributed by atoms with Crippen molar-refractivity contribution in [3.05, 3.63) is 29.8 Å². The van der Waals surface area contributed by atoms with Gasteiger partial charge in [0.1, 0.15) is 6.04 Å². The molecule has 0 saturated carbocycles. The molecule has 0 spiro atoms. The number of carbonyl (C=O) groups is 3. The first-order valence-electron chi connectivity index (χ1n) is 6.03. The number of aryl methyl sites for hydroxylation is 1. The molecule has 2 amide bonds. The summed E-state index contributed by atoms with van der Waals surface area (Å²) in [5.74, 6) is -2.52. The van der Waals surface area contributed by atoms with Crippen LogP contribution in [-0.4, -0.2) is 28.9 Å². The highest BCUT2D eigenvalue weighted by Gasteiger charge is 2.21. The zero-order valence-electron chi connectivity index (χ0n) is 10.8. The van der Waals surface area contributed by atoms with Gasteiger partial charge < -0.3 is 21.9 Å². The largest absolute Gasteiger partial charge is 0.480 e. The Hall–Kier alpha value is -2.57. The van der Waals surface area contributed by atoms with Gasteiger partial charge in [0.05, 0.1) is 6.42 Å². The normalized spacial score (nSPS) is 11.6. The van der Waals surface area contributed by atoms with E-state index in [1.807, 2.05) is 0 Å².